The molecule has 0 N–H and O–H groups in total. The first-order valence-electron chi connectivity index (χ1n) is 3.57. The van der Waals surface area contributed by atoms with Gasteiger partial charge in [0.25, 0.3) is 0 Å². The van der Waals surface area contributed by atoms with Crippen LogP contribution in [0, 0.1) is 18.3 Å². The molecule has 0 radical (unpaired) electrons. The van der Waals surface area contributed by atoms with Gasteiger partial charge in [0, 0.05) is 5.92 Å². The Kier molecular flexibility index (Phi) is 3.57. The van der Waals surface area contributed by atoms with E-state index in [1.54, 1.807) is 6.08 Å². The first-order chi connectivity index (χ1) is 5.02. The van der Waals surface area contributed by atoms with E-state index < -0.39 is 0 Å². The summed E-state index contributed by atoms with van der Waals surface area (Å²) in [6.45, 7) is 5.67. The number of nitrogens with zero attached hydrogens (tertiary/aromatic N) is 1. The lowest BCUT2D eigenvalue weighted by Gasteiger charge is -2.18. The maximum absolute atomic E-state index is 9.95. The molecule has 1 unspecified atom stereocenters. The highest BCUT2D eigenvalue weighted by Gasteiger charge is 2.18. The van der Waals surface area contributed by atoms with Gasteiger partial charge in [-0.15, -0.1) is 12.3 Å². The third kappa shape index (κ3) is 4.36. The molecule has 0 aromatic rings. The van der Waals surface area contributed by atoms with Crippen LogP contribution in [0.5, 0.6) is 0 Å². The number of terminal acetylenes is 1. The summed E-state index contributed by atoms with van der Waals surface area (Å²) in [6.07, 6.45) is 7.45. The minimum absolute atomic E-state index is 0.155. The summed E-state index contributed by atoms with van der Waals surface area (Å²) < 4.78 is 0. The van der Waals surface area contributed by atoms with Crippen LogP contribution in [0.2, 0.25) is 0 Å². The minimum Gasteiger partial charge on any atom is -0.211 e. The van der Waals surface area contributed by atoms with Gasteiger partial charge < -0.3 is 0 Å². The van der Waals surface area contributed by atoms with Crippen molar-refractivity contribution in [3.05, 3.63) is 0 Å². The van der Waals surface area contributed by atoms with Gasteiger partial charge in [0.05, 0.1) is 5.54 Å². The second-order valence-electron chi connectivity index (χ2n) is 3.29. The summed E-state index contributed by atoms with van der Waals surface area (Å²) in [5.74, 6) is 2.74. The molecule has 11 heavy (non-hydrogen) atoms. The van der Waals surface area contributed by atoms with Crippen LogP contribution in [0.3, 0.4) is 0 Å². The summed E-state index contributed by atoms with van der Waals surface area (Å²) >= 11 is 0. The molecule has 0 aromatic heterocycles. The van der Waals surface area contributed by atoms with Crippen molar-refractivity contribution >= 4 is 6.08 Å². The molecule has 2 heteroatoms. The number of hydrogen-bond acceptors (Lipinski definition) is 2. The standard InChI is InChI=1S/C9H13NO/c1-5-8(2)6-9(3,4)10-7-11/h1,8H,6H2,2-4H3. The zero-order chi connectivity index (χ0) is 8.91. The fraction of sp³-hybridized carbons (Fsp3) is 0.667. The molecule has 0 bridgehead atoms. The van der Waals surface area contributed by atoms with Crippen molar-refractivity contribution in [2.75, 3.05) is 0 Å². The van der Waals surface area contributed by atoms with Crippen molar-refractivity contribution in [1.29, 1.82) is 0 Å². The Hall–Kier alpha value is -1.06. The zero-order valence-corrected chi connectivity index (χ0v) is 7.22. The van der Waals surface area contributed by atoms with Gasteiger partial charge in [-0.1, -0.05) is 6.92 Å². The van der Waals surface area contributed by atoms with Gasteiger partial charge in [-0.3, -0.25) is 0 Å². The normalized spacial score (nSPS) is 12.9. The van der Waals surface area contributed by atoms with E-state index in [0.717, 1.165) is 6.42 Å². The summed E-state index contributed by atoms with van der Waals surface area (Å²) in [6, 6.07) is 0. The van der Waals surface area contributed by atoms with E-state index in [1.807, 2.05) is 20.8 Å². The molecule has 0 aliphatic heterocycles. The van der Waals surface area contributed by atoms with E-state index in [4.69, 9.17) is 6.42 Å². The molecule has 60 valence electrons. The predicted molar refractivity (Wildman–Crippen MR) is 44.8 cm³/mol. The molecule has 0 amide bonds. The van der Waals surface area contributed by atoms with Crippen molar-refractivity contribution in [3.8, 4) is 12.3 Å². The van der Waals surface area contributed by atoms with Crippen LogP contribution in [0.4, 0.5) is 0 Å². The predicted octanol–water partition coefficient (Wildman–Crippen LogP) is 1.76. The van der Waals surface area contributed by atoms with Crippen LogP contribution >= 0.6 is 0 Å². The first-order valence-corrected chi connectivity index (χ1v) is 3.57. The highest BCUT2D eigenvalue weighted by molar-refractivity contribution is 5.34. The van der Waals surface area contributed by atoms with Crippen LogP contribution in [0.1, 0.15) is 27.2 Å². The third-order valence-electron chi connectivity index (χ3n) is 1.44. The molecule has 0 aliphatic rings. The van der Waals surface area contributed by atoms with Crippen molar-refractivity contribution < 1.29 is 4.79 Å². The Labute approximate surface area is 67.7 Å². The number of aliphatic imine (C=N–C) groups is 1. The largest absolute Gasteiger partial charge is 0.235 e. The lowest BCUT2D eigenvalue weighted by Crippen LogP contribution is -2.19. The molecule has 0 aromatic carbocycles. The fourth-order valence-electron chi connectivity index (χ4n) is 0.977. The van der Waals surface area contributed by atoms with E-state index in [9.17, 15) is 4.79 Å². The van der Waals surface area contributed by atoms with Crippen molar-refractivity contribution in [2.24, 2.45) is 10.9 Å². The maximum atomic E-state index is 9.95. The van der Waals surface area contributed by atoms with Gasteiger partial charge >= 0.3 is 0 Å². The summed E-state index contributed by atoms with van der Waals surface area (Å²) in [7, 11) is 0. The van der Waals surface area contributed by atoms with Gasteiger partial charge in [-0.25, -0.2) is 4.79 Å². The molecule has 0 spiro atoms. The van der Waals surface area contributed by atoms with E-state index in [1.165, 1.54) is 0 Å². The summed E-state index contributed by atoms with van der Waals surface area (Å²) in [5, 5.41) is 0. The Morgan fingerprint density at radius 3 is 2.55 bits per heavy atom. The quantitative estimate of drug-likeness (QED) is 0.343. The summed E-state index contributed by atoms with van der Waals surface area (Å²) in [5.41, 5.74) is -0.368. The SMILES string of the molecule is C#CC(C)CC(C)(C)N=C=O. The van der Waals surface area contributed by atoms with E-state index in [2.05, 4.69) is 10.9 Å². The molecular formula is C9H13NO. The Morgan fingerprint density at radius 2 is 2.18 bits per heavy atom. The van der Waals surface area contributed by atoms with E-state index in [0.29, 0.717) is 0 Å². The number of hydrogen-bond donors (Lipinski definition) is 0. The van der Waals surface area contributed by atoms with Gasteiger partial charge in [0.15, 0.2) is 0 Å². The van der Waals surface area contributed by atoms with Gasteiger partial charge in [-0.05, 0) is 20.3 Å². The average Bonchev–Trinajstić information content (AvgIpc) is 1.86. The Morgan fingerprint density at radius 1 is 1.64 bits per heavy atom. The number of carbonyl (C=O) groups excluding carboxylic acids is 1. The molecular weight excluding hydrogens is 138 g/mol. The minimum atomic E-state index is -0.368. The topological polar surface area (TPSA) is 29.4 Å². The molecule has 0 heterocycles. The van der Waals surface area contributed by atoms with Crippen LogP contribution in [-0.4, -0.2) is 11.6 Å². The second kappa shape index (κ2) is 3.95. The van der Waals surface area contributed by atoms with Crippen molar-refractivity contribution in [3.63, 3.8) is 0 Å². The fourth-order valence-corrected chi connectivity index (χ4v) is 0.977. The molecule has 0 saturated carbocycles. The smallest absolute Gasteiger partial charge is 0.211 e. The lowest BCUT2D eigenvalue weighted by atomic mass is 9.93. The second-order valence-corrected chi connectivity index (χ2v) is 3.29. The van der Waals surface area contributed by atoms with E-state index in [-0.39, 0.29) is 11.5 Å². The average molecular weight is 151 g/mol. The molecule has 0 fully saturated rings. The van der Waals surface area contributed by atoms with Crippen LogP contribution in [0.25, 0.3) is 0 Å². The monoisotopic (exact) mass is 151 g/mol. The van der Waals surface area contributed by atoms with Crippen LogP contribution < -0.4 is 0 Å². The van der Waals surface area contributed by atoms with Crippen molar-refractivity contribution in [1.82, 2.24) is 0 Å². The van der Waals surface area contributed by atoms with Gasteiger partial charge in [0.2, 0.25) is 6.08 Å². The summed E-state index contributed by atoms with van der Waals surface area (Å²) in [4.78, 5) is 13.6. The molecule has 0 aliphatic carbocycles. The molecule has 1 atom stereocenters. The highest BCUT2D eigenvalue weighted by Crippen LogP contribution is 2.18. The zero-order valence-electron chi connectivity index (χ0n) is 7.22. The van der Waals surface area contributed by atoms with Crippen LogP contribution in [0.15, 0.2) is 4.99 Å². The Balaban J connectivity index is 4.14. The Bertz CT molecular complexity index is 206. The van der Waals surface area contributed by atoms with Crippen LogP contribution in [-0.2, 0) is 4.79 Å². The number of isocyanates is 1. The highest BCUT2D eigenvalue weighted by atomic mass is 16.1. The van der Waals surface area contributed by atoms with Gasteiger partial charge in [0.1, 0.15) is 0 Å². The molecule has 0 rings (SSSR count). The van der Waals surface area contributed by atoms with Gasteiger partial charge in [-0.2, -0.15) is 4.99 Å². The first kappa shape index (κ1) is 9.94. The lowest BCUT2D eigenvalue weighted by molar-refractivity contribution is 0.427. The third-order valence-corrected chi connectivity index (χ3v) is 1.44. The molecule has 2 nitrogen and oxygen atoms in total. The maximum Gasteiger partial charge on any atom is 0.235 e. The van der Waals surface area contributed by atoms with Crippen molar-refractivity contribution in [2.45, 2.75) is 32.7 Å². The number of rotatable bonds is 3. The molecule has 0 saturated heterocycles. The van der Waals surface area contributed by atoms with E-state index >= 15 is 0 Å².